The summed E-state index contributed by atoms with van der Waals surface area (Å²) in [6, 6.07) is 9.94. The Bertz CT molecular complexity index is 729. The van der Waals surface area contributed by atoms with E-state index in [1.807, 2.05) is 0 Å². The van der Waals surface area contributed by atoms with Crippen molar-refractivity contribution in [1.29, 1.82) is 0 Å². The number of hydrogen-bond acceptors (Lipinski definition) is 6. The summed E-state index contributed by atoms with van der Waals surface area (Å²) in [5.41, 5.74) is 1.93. The lowest BCUT2D eigenvalue weighted by Gasteiger charge is -2.09. The third kappa shape index (κ3) is 5.81. The number of carbonyl (C=O) groups excluding carboxylic acids is 2. The monoisotopic (exact) mass is 358 g/mol. The molecule has 0 aliphatic carbocycles. The Morgan fingerprint density at radius 3 is 1.50 bits per heavy atom. The van der Waals surface area contributed by atoms with Crippen molar-refractivity contribution in [2.45, 2.75) is 39.5 Å². The van der Waals surface area contributed by atoms with Crippen LogP contribution in [0.3, 0.4) is 0 Å². The van der Waals surface area contributed by atoms with Crippen LogP contribution in [0.2, 0.25) is 0 Å². The molecule has 0 amide bonds. The number of aromatic hydroxyl groups is 2. The Hall–Kier alpha value is -3.02. The number of esters is 2. The Balaban J connectivity index is 1.89. The molecule has 0 aliphatic heterocycles. The SMILES string of the molecule is CC(=O)Oc1cc(CCCCc2ccc(O)c(OC(C)=O)c2)ccc1O. The van der Waals surface area contributed by atoms with Crippen molar-refractivity contribution in [3.05, 3.63) is 47.5 Å². The number of phenolic OH excluding ortho intramolecular Hbond substituents is 2. The summed E-state index contributed by atoms with van der Waals surface area (Å²) in [6.45, 7) is 2.57. The van der Waals surface area contributed by atoms with E-state index in [-0.39, 0.29) is 23.0 Å². The second-order valence-electron chi connectivity index (χ2n) is 6.00. The molecule has 26 heavy (non-hydrogen) atoms. The van der Waals surface area contributed by atoms with Gasteiger partial charge in [-0.05, 0) is 61.1 Å². The molecular formula is C20H22O6. The zero-order valence-corrected chi connectivity index (χ0v) is 14.8. The number of benzene rings is 2. The van der Waals surface area contributed by atoms with Crippen molar-refractivity contribution >= 4 is 11.9 Å². The maximum absolute atomic E-state index is 11.0. The number of aryl methyl sites for hydroxylation is 2. The molecule has 0 atom stereocenters. The molecule has 0 saturated carbocycles. The molecule has 0 radical (unpaired) electrons. The molecule has 6 nitrogen and oxygen atoms in total. The van der Waals surface area contributed by atoms with Crippen molar-refractivity contribution < 1.29 is 29.3 Å². The van der Waals surface area contributed by atoms with Gasteiger partial charge in [0.15, 0.2) is 23.0 Å². The third-order valence-corrected chi connectivity index (χ3v) is 3.74. The van der Waals surface area contributed by atoms with Crippen LogP contribution in [0.1, 0.15) is 37.8 Å². The fraction of sp³-hybridized carbons (Fsp3) is 0.300. The number of phenols is 2. The predicted molar refractivity (Wildman–Crippen MR) is 95.5 cm³/mol. The molecular weight excluding hydrogens is 336 g/mol. The minimum atomic E-state index is -0.478. The van der Waals surface area contributed by atoms with Gasteiger partial charge in [-0.1, -0.05) is 12.1 Å². The van der Waals surface area contributed by atoms with Crippen LogP contribution in [-0.2, 0) is 22.4 Å². The van der Waals surface area contributed by atoms with Crippen molar-refractivity contribution in [3.8, 4) is 23.0 Å². The van der Waals surface area contributed by atoms with Gasteiger partial charge >= 0.3 is 11.9 Å². The van der Waals surface area contributed by atoms with E-state index in [0.29, 0.717) is 0 Å². The molecule has 0 unspecified atom stereocenters. The summed E-state index contributed by atoms with van der Waals surface area (Å²) in [4.78, 5) is 22.1. The fourth-order valence-corrected chi connectivity index (χ4v) is 2.56. The number of carbonyl (C=O) groups is 2. The highest BCUT2D eigenvalue weighted by atomic mass is 16.5. The molecule has 6 heteroatoms. The van der Waals surface area contributed by atoms with Gasteiger partial charge in [-0.3, -0.25) is 9.59 Å². The van der Waals surface area contributed by atoms with E-state index in [1.54, 1.807) is 24.3 Å². The second-order valence-corrected chi connectivity index (χ2v) is 6.00. The highest BCUT2D eigenvalue weighted by Gasteiger charge is 2.08. The number of ether oxygens (including phenoxy) is 2. The summed E-state index contributed by atoms with van der Waals surface area (Å²) < 4.78 is 9.93. The molecule has 0 bridgehead atoms. The largest absolute Gasteiger partial charge is 0.504 e. The van der Waals surface area contributed by atoms with E-state index < -0.39 is 11.9 Å². The molecule has 0 heterocycles. The van der Waals surface area contributed by atoms with E-state index in [0.717, 1.165) is 36.8 Å². The van der Waals surface area contributed by atoms with Crippen LogP contribution in [0, 0.1) is 0 Å². The van der Waals surface area contributed by atoms with E-state index in [9.17, 15) is 19.8 Å². The molecule has 2 aromatic carbocycles. The lowest BCUT2D eigenvalue weighted by atomic mass is 10.0. The van der Waals surface area contributed by atoms with Gasteiger partial charge in [0.2, 0.25) is 0 Å². The van der Waals surface area contributed by atoms with Crippen LogP contribution in [-0.4, -0.2) is 22.2 Å². The summed E-state index contributed by atoms with van der Waals surface area (Å²) in [5.74, 6) is -0.752. The second kappa shape index (κ2) is 8.89. The van der Waals surface area contributed by atoms with Gasteiger partial charge in [0.25, 0.3) is 0 Å². The zero-order chi connectivity index (χ0) is 19.1. The molecule has 0 saturated heterocycles. The maximum atomic E-state index is 11.0. The first-order valence-electron chi connectivity index (χ1n) is 8.36. The highest BCUT2D eigenvalue weighted by Crippen LogP contribution is 2.29. The topological polar surface area (TPSA) is 93.1 Å². The summed E-state index contributed by atoms with van der Waals surface area (Å²) in [5, 5.41) is 19.4. The number of hydrogen-bond donors (Lipinski definition) is 2. The zero-order valence-electron chi connectivity index (χ0n) is 14.8. The normalized spacial score (nSPS) is 10.4. The molecule has 0 aromatic heterocycles. The molecule has 0 spiro atoms. The molecule has 0 fully saturated rings. The highest BCUT2D eigenvalue weighted by molar-refractivity contribution is 5.71. The van der Waals surface area contributed by atoms with Crippen LogP contribution < -0.4 is 9.47 Å². The van der Waals surface area contributed by atoms with Gasteiger partial charge in [-0.15, -0.1) is 0 Å². The lowest BCUT2D eigenvalue weighted by molar-refractivity contribution is -0.132. The quantitative estimate of drug-likeness (QED) is 0.447. The first kappa shape index (κ1) is 19.3. The van der Waals surface area contributed by atoms with E-state index in [4.69, 9.17) is 9.47 Å². The van der Waals surface area contributed by atoms with Gasteiger partial charge < -0.3 is 19.7 Å². The van der Waals surface area contributed by atoms with Crippen LogP contribution in [0.5, 0.6) is 23.0 Å². The molecule has 138 valence electrons. The predicted octanol–water partition coefficient (Wildman–Crippen LogP) is 3.51. The van der Waals surface area contributed by atoms with Crippen LogP contribution in [0.25, 0.3) is 0 Å². The summed E-state index contributed by atoms with van der Waals surface area (Å²) in [7, 11) is 0. The fourth-order valence-electron chi connectivity index (χ4n) is 2.56. The minimum Gasteiger partial charge on any atom is -0.504 e. The van der Waals surface area contributed by atoms with Crippen LogP contribution in [0.4, 0.5) is 0 Å². The van der Waals surface area contributed by atoms with Gasteiger partial charge in [-0.2, -0.15) is 0 Å². The standard InChI is InChI=1S/C20H22O6/c1-13(21)25-19-11-15(7-9-17(19)23)5-3-4-6-16-8-10-18(24)20(12-16)26-14(2)22/h7-12,23-24H,3-6H2,1-2H3. The van der Waals surface area contributed by atoms with Crippen molar-refractivity contribution in [1.82, 2.24) is 0 Å². The average Bonchev–Trinajstić information content (AvgIpc) is 2.56. The maximum Gasteiger partial charge on any atom is 0.308 e. The first-order chi connectivity index (χ1) is 12.3. The van der Waals surface area contributed by atoms with Gasteiger partial charge in [-0.25, -0.2) is 0 Å². The number of rotatable bonds is 7. The Labute approximate surface area is 152 Å². The molecule has 2 N–H and O–H groups in total. The smallest absolute Gasteiger partial charge is 0.308 e. The average molecular weight is 358 g/mol. The van der Waals surface area contributed by atoms with Crippen molar-refractivity contribution in [3.63, 3.8) is 0 Å². The molecule has 0 aliphatic rings. The van der Waals surface area contributed by atoms with E-state index in [1.165, 1.54) is 26.0 Å². The first-order valence-corrected chi connectivity index (χ1v) is 8.36. The van der Waals surface area contributed by atoms with E-state index >= 15 is 0 Å². The van der Waals surface area contributed by atoms with Crippen molar-refractivity contribution in [2.75, 3.05) is 0 Å². The van der Waals surface area contributed by atoms with Crippen LogP contribution in [0.15, 0.2) is 36.4 Å². The van der Waals surface area contributed by atoms with Gasteiger partial charge in [0.1, 0.15) is 0 Å². The molecule has 2 aromatic rings. The van der Waals surface area contributed by atoms with E-state index in [2.05, 4.69) is 0 Å². The number of unbranched alkanes of at least 4 members (excludes halogenated alkanes) is 1. The lowest BCUT2D eigenvalue weighted by Crippen LogP contribution is -2.02. The summed E-state index contributed by atoms with van der Waals surface area (Å²) in [6.07, 6.45) is 3.30. The third-order valence-electron chi connectivity index (χ3n) is 3.74. The Morgan fingerprint density at radius 2 is 1.15 bits per heavy atom. The summed E-state index contributed by atoms with van der Waals surface area (Å²) >= 11 is 0. The van der Waals surface area contributed by atoms with Gasteiger partial charge in [0, 0.05) is 13.8 Å². The Kier molecular flexibility index (Phi) is 6.60. The van der Waals surface area contributed by atoms with Crippen LogP contribution >= 0.6 is 0 Å². The Morgan fingerprint density at radius 1 is 0.769 bits per heavy atom. The minimum absolute atomic E-state index is 0.0638. The van der Waals surface area contributed by atoms with Gasteiger partial charge in [0.05, 0.1) is 0 Å². The van der Waals surface area contributed by atoms with Crippen molar-refractivity contribution in [2.24, 2.45) is 0 Å². The molecule has 2 rings (SSSR count).